The van der Waals surface area contributed by atoms with E-state index in [1.54, 1.807) is 12.3 Å². The van der Waals surface area contributed by atoms with Crippen LogP contribution >= 0.6 is 0 Å². The van der Waals surface area contributed by atoms with Crippen molar-refractivity contribution in [2.45, 2.75) is 39.7 Å². The van der Waals surface area contributed by atoms with Gasteiger partial charge in [-0.05, 0) is 13.0 Å². The van der Waals surface area contributed by atoms with Crippen LogP contribution in [0.25, 0.3) is 11.4 Å². The van der Waals surface area contributed by atoms with Crippen LogP contribution in [0.3, 0.4) is 0 Å². The fraction of sp³-hybridized carbons (Fsp3) is 0.462. The van der Waals surface area contributed by atoms with Gasteiger partial charge < -0.3 is 5.73 Å². The molecular formula is C13H19N5. The summed E-state index contributed by atoms with van der Waals surface area (Å²) >= 11 is 0. The quantitative estimate of drug-likeness (QED) is 0.881. The first-order valence-corrected chi connectivity index (χ1v) is 6.09. The molecule has 2 N–H and O–H groups in total. The van der Waals surface area contributed by atoms with Crippen molar-refractivity contribution in [3.05, 3.63) is 24.2 Å². The van der Waals surface area contributed by atoms with Crippen LogP contribution in [0.5, 0.6) is 0 Å². The van der Waals surface area contributed by atoms with Gasteiger partial charge in [0, 0.05) is 24.2 Å². The van der Waals surface area contributed by atoms with Gasteiger partial charge in [-0.15, -0.1) is 0 Å². The predicted octanol–water partition coefficient (Wildman–Crippen LogP) is 2.24. The summed E-state index contributed by atoms with van der Waals surface area (Å²) in [6.45, 7) is 9.07. The molecule has 2 heterocycles. The zero-order chi connectivity index (χ0) is 13.3. The summed E-state index contributed by atoms with van der Waals surface area (Å²) in [6.07, 6.45) is 1.77. The van der Waals surface area contributed by atoms with Crippen LogP contribution in [0, 0.1) is 0 Å². The number of nitrogen functional groups attached to an aromatic ring is 1. The van der Waals surface area contributed by atoms with E-state index in [4.69, 9.17) is 5.73 Å². The topological polar surface area (TPSA) is 69.6 Å². The van der Waals surface area contributed by atoms with Crippen molar-refractivity contribution in [2.24, 2.45) is 0 Å². The molecule has 0 radical (unpaired) electrons. The number of nitrogens with two attached hydrogens (primary N) is 1. The van der Waals surface area contributed by atoms with E-state index in [2.05, 4.69) is 35.8 Å². The minimum atomic E-state index is -0.124. The van der Waals surface area contributed by atoms with Crippen molar-refractivity contribution in [2.75, 3.05) is 5.73 Å². The predicted molar refractivity (Wildman–Crippen MR) is 72.0 cm³/mol. The highest BCUT2D eigenvalue weighted by Crippen LogP contribution is 2.24. The van der Waals surface area contributed by atoms with E-state index < -0.39 is 0 Å². The second-order valence-electron chi connectivity index (χ2n) is 5.28. The smallest absolute Gasteiger partial charge is 0.136 e. The third kappa shape index (κ3) is 2.34. The van der Waals surface area contributed by atoms with Gasteiger partial charge in [0.2, 0.25) is 0 Å². The maximum Gasteiger partial charge on any atom is 0.136 e. The van der Waals surface area contributed by atoms with E-state index in [1.165, 1.54) is 0 Å². The Morgan fingerprint density at radius 2 is 2.00 bits per heavy atom. The summed E-state index contributed by atoms with van der Waals surface area (Å²) in [4.78, 5) is 8.91. The summed E-state index contributed by atoms with van der Waals surface area (Å²) in [5.41, 5.74) is 7.54. The third-order valence-electron chi connectivity index (χ3n) is 2.70. The van der Waals surface area contributed by atoms with Crippen molar-refractivity contribution in [1.29, 1.82) is 0 Å². The van der Waals surface area contributed by atoms with Gasteiger partial charge >= 0.3 is 0 Å². The van der Waals surface area contributed by atoms with Crippen LogP contribution in [0.2, 0.25) is 0 Å². The molecule has 18 heavy (non-hydrogen) atoms. The normalized spacial score (nSPS) is 11.8. The number of hydrogen-bond donors (Lipinski definition) is 1. The highest BCUT2D eigenvalue weighted by molar-refractivity contribution is 5.58. The molecule has 5 nitrogen and oxygen atoms in total. The summed E-state index contributed by atoms with van der Waals surface area (Å²) in [5, 5.41) is 4.25. The van der Waals surface area contributed by atoms with Crippen molar-refractivity contribution < 1.29 is 0 Å². The van der Waals surface area contributed by atoms with Crippen LogP contribution < -0.4 is 5.73 Å². The first-order chi connectivity index (χ1) is 8.41. The van der Waals surface area contributed by atoms with E-state index in [0.29, 0.717) is 5.82 Å². The van der Waals surface area contributed by atoms with Crippen LogP contribution in [0.1, 0.15) is 33.5 Å². The highest BCUT2D eigenvalue weighted by Gasteiger charge is 2.19. The molecule has 0 aliphatic carbocycles. The SMILES string of the molecule is CCn1nccc1-c1cc(N)nc(C(C)(C)C)n1. The summed E-state index contributed by atoms with van der Waals surface area (Å²) in [6, 6.07) is 3.73. The lowest BCUT2D eigenvalue weighted by Gasteiger charge is -2.17. The Morgan fingerprint density at radius 3 is 2.61 bits per heavy atom. The molecule has 96 valence electrons. The first kappa shape index (κ1) is 12.5. The molecule has 0 aliphatic heterocycles. The minimum Gasteiger partial charge on any atom is -0.384 e. The fourth-order valence-corrected chi connectivity index (χ4v) is 1.73. The van der Waals surface area contributed by atoms with Gasteiger partial charge in [0.25, 0.3) is 0 Å². The molecule has 0 unspecified atom stereocenters. The van der Waals surface area contributed by atoms with Gasteiger partial charge in [-0.25, -0.2) is 9.97 Å². The lowest BCUT2D eigenvalue weighted by atomic mass is 9.95. The Morgan fingerprint density at radius 1 is 1.28 bits per heavy atom. The van der Waals surface area contributed by atoms with E-state index in [-0.39, 0.29) is 5.41 Å². The number of aryl methyl sites for hydroxylation is 1. The lowest BCUT2D eigenvalue weighted by molar-refractivity contribution is 0.546. The summed E-state index contributed by atoms with van der Waals surface area (Å²) < 4.78 is 1.90. The zero-order valence-electron chi connectivity index (χ0n) is 11.3. The maximum absolute atomic E-state index is 5.87. The van der Waals surface area contributed by atoms with Crippen LogP contribution in [0.15, 0.2) is 18.3 Å². The number of anilines is 1. The van der Waals surface area contributed by atoms with Gasteiger partial charge in [0.05, 0.1) is 11.4 Å². The molecule has 2 aromatic rings. The second kappa shape index (κ2) is 4.40. The van der Waals surface area contributed by atoms with E-state index in [9.17, 15) is 0 Å². The Bertz CT molecular complexity index is 551. The van der Waals surface area contributed by atoms with E-state index >= 15 is 0 Å². The summed E-state index contributed by atoms with van der Waals surface area (Å²) in [7, 11) is 0. The molecular weight excluding hydrogens is 226 g/mol. The Balaban J connectivity index is 2.56. The average molecular weight is 245 g/mol. The largest absolute Gasteiger partial charge is 0.384 e. The molecule has 0 saturated heterocycles. The molecule has 0 bridgehead atoms. The van der Waals surface area contributed by atoms with E-state index in [1.807, 2.05) is 17.7 Å². The Kier molecular flexibility index (Phi) is 3.07. The van der Waals surface area contributed by atoms with Crippen molar-refractivity contribution in [1.82, 2.24) is 19.7 Å². The first-order valence-electron chi connectivity index (χ1n) is 6.09. The van der Waals surface area contributed by atoms with Crippen molar-refractivity contribution in [3.63, 3.8) is 0 Å². The third-order valence-corrected chi connectivity index (χ3v) is 2.70. The molecule has 0 aliphatic rings. The molecule has 0 amide bonds. The van der Waals surface area contributed by atoms with Crippen LogP contribution in [-0.2, 0) is 12.0 Å². The molecule has 0 saturated carbocycles. The van der Waals surface area contributed by atoms with Crippen molar-refractivity contribution >= 4 is 5.82 Å². The molecule has 0 atom stereocenters. The van der Waals surface area contributed by atoms with Gasteiger partial charge in [-0.2, -0.15) is 5.10 Å². The molecule has 2 rings (SSSR count). The highest BCUT2D eigenvalue weighted by atomic mass is 15.3. The molecule has 0 fully saturated rings. The summed E-state index contributed by atoms with van der Waals surface area (Å²) in [5.74, 6) is 1.25. The van der Waals surface area contributed by atoms with E-state index in [0.717, 1.165) is 23.8 Å². The van der Waals surface area contributed by atoms with Crippen LogP contribution in [-0.4, -0.2) is 19.7 Å². The molecule has 5 heteroatoms. The van der Waals surface area contributed by atoms with Gasteiger partial charge in [0.15, 0.2) is 0 Å². The molecule has 0 spiro atoms. The lowest BCUT2D eigenvalue weighted by Crippen LogP contribution is -2.17. The van der Waals surface area contributed by atoms with Crippen LogP contribution in [0.4, 0.5) is 5.82 Å². The van der Waals surface area contributed by atoms with Gasteiger partial charge in [0.1, 0.15) is 11.6 Å². The monoisotopic (exact) mass is 245 g/mol. The van der Waals surface area contributed by atoms with Gasteiger partial charge in [-0.1, -0.05) is 20.8 Å². The van der Waals surface area contributed by atoms with Gasteiger partial charge in [-0.3, -0.25) is 4.68 Å². The number of nitrogens with zero attached hydrogens (tertiary/aromatic N) is 4. The Hall–Kier alpha value is -1.91. The second-order valence-corrected chi connectivity index (χ2v) is 5.28. The van der Waals surface area contributed by atoms with Crippen molar-refractivity contribution in [3.8, 4) is 11.4 Å². The molecule has 0 aromatic carbocycles. The minimum absolute atomic E-state index is 0.124. The average Bonchev–Trinajstić information content (AvgIpc) is 2.74. The number of hydrogen-bond acceptors (Lipinski definition) is 4. The maximum atomic E-state index is 5.87. The standard InChI is InChI=1S/C13H19N5/c1-5-18-10(6-7-15-18)9-8-11(14)17-12(16-9)13(2,3)4/h6-8H,5H2,1-4H3,(H2,14,16,17). The zero-order valence-corrected chi connectivity index (χ0v) is 11.3. The fourth-order valence-electron chi connectivity index (χ4n) is 1.73. The molecule has 2 aromatic heterocycles. The number of aromatic nitrogens is 4. The number of rotatable bonds is 2. The Labute approximate surface area is 107 Å².